The van der Waals surface area contributed by atoms with E-state index >= 15 is 0 Å². The summed E-state index contributed by atoms with van der Waals surface area (Å²) in [6.07, 6.45) is 8.57. The Bertz CT molecular complexity index is 173. The number of nitrogens with one attached hydrogen (secondary N) is 1. The molecule has 1 atom stereocenters. The summed E-state index contributed by atoms with van der Waals surface area (Å²) in [6, 6.07) is 0.714. The van der Waals surface area contributed by atoms with Crippen molar-refractivity contribution in [1.29, 1.82) is 0 Å². The van der Waals surface area contributed by atoms with Crippen LogP contribution in [-0.4, -0.2) is 18.9 Å². The van der Waals surface area contributed by atoms with Crippen LogP contribution in [0.2, 0.25) is 0 Å². The van der Waals surface area contributed by atoms with E-state index in [0.29, 0.717) is 24.3 Å². The third-order valence-corrected chi connectivity index (χ3v) is 3.62. The summed E-state index contributed by atoms with van der Waals surface area (Å²) >= 11 is 0. The Morgan fingerprint density at radius 3 is 2.47 bits per heavy atom. The fourth-order valence-electron chi connectivity index (χ4n) is 2.34. The van der Waals surface area contributed by atoms with Crippen molar-refractivity contribution >= 4 is 6.29 Å². The topological polar surface area (TPSA) is 29.1 Å². The van der Waals surface area contributed by atoms with Crippen LogP contribution in [0.5, 0.6) is 0 Å². The minimum absolute atomic E-state index is 0.518. The van der Waals surface area contributed by atoms with E-state index in [-0.39, 0.29) is 0 Å². The van der Waals surface area contributed by atoms with Crippen LogP contribution in [0.1, 0.15) is 52.4 Å². The van der Waals surface area contributed by atoms with Gasteiger partial charge in [-0.15, -0.1) is 0 Å². The third-order valence-electron chi connectivity index (χ3n) is 3.62. The highest BCUT2D eigenvalue weighted by Gasteiger charge is 2.17. The predicted molar refractivity (Wildman–Crippen MR) is 63.9 cm³/mol. The second-order valence-corrected chi connectivity index (χ2v) is 5.15. The molecule has 1 rings (SSSR count). The average Bonchev–Trinajstić information content (AvgIpc) is 2.25. The molecule has 2 nitrogen and oxygen atoms in total. The molecule has 0 bridgehead atoms. The van der Waals surface area contributed by atoms with E-state index in [1.165, 1.54) is 32.1 Å². The van der Waals surface area contributed by atoms with Crippen LogP contribution in [0.4, 0.5) is 0 Å². The standard InChI is InChI=1S/C13H25NO/c1-11(2)12(8-9-15)10-14-13-6-4-3-5-7-13/h9,11-14H,3-8,10H2,1-2H3/t12-/m1/s1. The van der Waals surface area contributed by atoms with Gasteiger partial charge in [0.05, 0.1) is 0 Å². The molecule has 88 valence electrons. The number of hydrogen-bond donors (Lipinski definition) is 1. The van der Waals surface area contributed by atoms with Gasteiger partial charge in [0, 0.05) is 12.5 Å². The van der Waals surface area contributed by atoms with Crippen LogP contribution in [0, 0.1) is 11.8 Å². The SMILES string of the molecule is CC(C)[C@H](CC=O)CNC1CCCCC1. The number of hydrogen-bond acceptors (Lipinski definition) is 2. The number of aldehydes is 1. The van der Waals surface area contributed by atoms with Gasteiger partial charge in [-0.2, -0.15) is 0 Å². The van der Waals surface area contributed by atoms with E-state index in [1.54, 1.807) is 0 Å². The molecule has 1 aliphatic rings. The number of carbonyl (C=O) groups is 1. The summed E-state index contributed by atoms with van der Waals surface area (Å²) in [5.41, 5.74) is 0. The quantitative estimate of drug-likeness (QED) is 0.684. The Kier molecular flexibility index (Phi) is 5.92. The lowest BCUT2D eigenvalue weighted by molar-refractivity contribution is -0.108. The molecule has 1 saturated carbocycles. The van der Waals surface area contributed by atoms with Crippen LogP contribution in [-0.2, 0) is 4.79 Å². The zero-order valence-electron chi connectivity index (χ0n) is 10.2. The summed E-state index contributed by atoms with van der Waals surface area (Å²) in [6.45, 7) is 5.43. The monoisotopic (exact) mass is 211 g/mol. The minimum atomic E-state index is 0.518. The zero-order valence-corrected chi connectivity index (χ0v) is 10.2. The lowest BCUT2D eigenvalue weighted by atomic mass is 9.91. The summed E-state index contributed by atoms with van der Waals surface area (Å²) in [5.74, 6) is 1.12. The van der Waals surface area contributed by atoms with E-state index in [9.17, 15) is 4.79 Å². The molecule has 0 amide bonds. The average molecular weight is 211 g/mol. The van der Waals surface area contributed by atoms with Crippen LogP contribution in [0.3, 0.4) is 0 Å². The molecule has 0 heterocycles. The van der Waals surface area contributed by atoms with E-state index in [2.05, 4.69) is 19.2 Å². The first-order chi connectivity index (χ1) is 7.24. The Labute approximate surface area is 93.8 Å². The van der Waals surface area contributed by atoms with Crippen molar-refractivity contribution < 1.29 is 4.79 Å². The van der Waals surface area contributed by atoms with Crippen molar-refractivity contribution in [1.82, 2.24) is 5.32 Å². The molecule has 0 unspecified atom stereocenters. The van der Waals surface area contributed by atoms with Gasteiger partial charge in [-0.25, -0.2) is 0 Å². The van der Waals surface area contributed by atoms with Gasteiger partial charge < -0.3 is 10.1 Å². The molecule has 0 spiro atoms. The number of carbonyl (C=O) groups excluding carboxylic acids is 1. The van der Waals surface area contributed by atoms with Gasteiger partial charge in [0.15, 0.2) is 0 Å². The van der Waals surface area contributed by atoms with Gasteiger partial charge in [0.25, 0.3) is 0 Å². The van der Waals surface area contributed by atoms with Crippen molar-refractivity contribution in [2.45, 2.75) is 58.4 Å². The van der Waals surface area contributed by atoms with Gasteiger partial charge in [0.2, 0.25) is 0 Å². The summed E-state index contributed by atoms with van der Waals surface area (Å²) in [7, 11) is 0. The van der Waals surface area contributed by atoms with E-state index in [1.807, 2.05) is 0 Å². The minimum Gasteiger partial charge on any atom is -0.314 e. The molecular formula is C13H25NO. The van der Waals surface area contributed by atoms with Gasteiger partial charge in [-0.05, 0) is 31.2 Å². The molecule has 15 heavy (non-hydrogen) atoms. The predicted octanol–water partition coefficient (Wildman–Crippen LogP) is 2.77. The fraction of sp³-hybridized carbons (Fsp3) is 0.923. The van der Waals surface area contributed by atoms with Gasteiger partial charge in [-0.1, -0.05) is 33.1 Å². The molecule has 0 aromatic carbocycles. The second-order valence-electron chi connectivity index (χ2n) is 5.15. The molecule has 1 fully saturated rings. The molecule has 0 saturated heterocycles. The van der Waals surface area contributed by atoms with Gasteiger partial charge >= 0.3 is 0 Å². The van der Waals surface area contributed by atoms with Gasteiger partial charge in [-0.3, -0.25) is 0 Å². The molecule has 2 heteroatoms. The molecule has 1 N–H and O–H groups in total. The Morgan fingerprint density at radius 1 is 1.27 bits per heavy atom. The van der Waals surface area contributed by atoms with Gasteiger partial charge in [0.1, 0.15) is 6.29 Å². The fourth-order valence-corrected chi connectivity index (χ4v) is 2.34. The van der Waals surface area contributed by atoms with Crippen molar-refractivity contribution in [2.75, 3.05) is 6.54 Å². The molecular weight excluding hydrogens is 186 g/mol. The first kappa shape index (κ1) is 12.7. The van der Waals surface area contributed by atoms with Crippen LogP contribution >= 0.6 is 0 Å². The Hall–Kier alpha value is -0.370. The maximum Gasteiger partial charge on any atom is 0.120 e. The Balaban J connectivity index is 2.22. The highest BCUT2D eigenvalue weighted by molar-refractivity contribution is 5.49. The number of rotatable bonds is 6. The van der Waals surface area contributed by atoms with Crippen molar-refractivity contribution in [3.8, 4) is 0 Å². The molecule has 0 radical (unpaired) electrons. The van der Waals surface area contributed by atoms with E-state index in [0.717, 1.165) is 12.8 Å². The third kappa shape index (κ3) is 4.78. The second kappa shape index (κ2) is 7.00. The highest BCUT2D eigenvalue weighted by Crippen LogP contribution is 2.19. The lowest BCUT2D eigenvalue weighted by Gasteiger charge is -2.26. The molecule has 1 aliphatic carbocycles. The summed E-state index contributed by atoms with van der Waals surface area (Å²) in [4.78, 5) is 10.5. The van der Waals surface area contributed by atoms with Crippen LogP contribution in [0.25, 0.3) is 0 Å². The van der Waals surface area contributed by atoms with Crippen LogP contribution < -0.4 is 5.32 Å². The first-order valence-corrected chi connectivity index (χ1v) is 6.41. The molecule has 0 aliphatic heterocycles. The van der Waals surface area contributed by atoms with Crippen molar-refractivity contribution in [3.05, 3.63) is 0 Å². The highest BCUT2D eigenvalue weighted by atomic mass is 16.1. The van der Waals surface area contributed by atoms with E-state index < -0.39 is 0 Å². The van der Waals surface area contributed by atoms with Crippen molar-refractivity contribution in [2.24, 2.45) is 11.8 Å². The van der Waals surface area contributed by atoms with Crippen LogP contribution in [0.15, 0.2) is 0 Å². The maximum absolute atomic E-state index is 10.5. The summed E-state index contributed by atoms with van der Waals surface area (Å²) < 4.78 is 0. The smallest absolute Gasteiger partial charge is 0.120 e. The molecule has 0 aromatic rings. The van der Waals surface area contributed by atoms with E-state index in [4.69, 9.17) is 0 Å². The summed E-state index contributed by atoms with van der Waals surface area (Å²) in [5, 5.41) is 3.63. The first-order valence-electron chi connectivity index (χ1n) is 6.41. The zero-order chi connectivity index (χ0) is 11.1. The lowest BCUT2D eigenvalue weighted by Crippen LogP contribution is -2.36. The maximum atomic E-state index is 10.5. The molecule has 0 aromatic heterocycles. The normalized spacial score (nSPS) is 20.5. The Morgan fingerprint density at radius 2 is 1.93 bits per heavy atom. The largest absolute Gasteiger partial charge is 0.314 e. The van der Waals surface area contributed by atoms with Crippen molar-refractivity contribution in [3.63, 3.8) is 0 Å².